The zero-order valence-corrected chi connectivity index (χ0v) is 16.4. The van der Waals surface area contributed by atoms with Gasteiger partial charge in [0.05, 0.1) is 24.8 Å². The Bertz CT molecular complexity index is 1030. The van der Waals surface area contributed by atoms with Crippen molar-refractivity contribution in [2.24, 2.45) is 5.92 Å². The number of para-hydroxylation sites is 1. The maximum Gasteiger partial charge on any atom is 0.136 e. The van der Waals surface area contributed by atoms with E-state index in [9.17, 15) is 9.65 Å². The third kappa shape index (κ3) is 4.15. The van der Waals surface area contributed by atoms with E-state index >= 15 is 0 Å². The highest BCUT2D eigenvalue weighted by Gasteiger charge is 2.23. The van der Waals surface area contributed by atoms with E-state index in [1.165, 1.54) is 13.2 Å². The van der Waals surface area contributed by atoms with Crippen LogP contribution in [0, 0.1) is 23.1 Å². The first-order chi connectivity index (χ1) is 14.2. The van der Waals surface area contributed by atoms with Gasteiger partial charge in [0.15, 0.2) is 0 Å². The Morgan fingerprint density at radius 3 is 2.79 bits per heavy atom. The molecule has 0 radical (unpaired) electrons. The molecule has 1 fully saturated rings. The standard InChI is InChI=1S/C23H23FN4O/c1-29-20-9-10-21(22(24)12-20)23-18(15-27-11-5-6-17(13-25)14-27)16-28(26-23)19-7-3-2-4-8-19/h2-4,7-10,12,16-17H,5-6,11,14-15H2,1H3/t17-/m0/s1. The van der Waals surface area contributed by atoms with Gasteiger partial charge in [-0.15, -0.1) is 0 Å². The average Bonchev–Trinajstić information content (AvgIpc) is 3.17. The predicted molar refractivity (Wildman–Crippen MR) is 109 cm³/mol. The van der Waals surface area contributed by atoms with Crippen LogP contribution in [0.2, 0.25) is 0 Å². The van der Waals surface area contributed by atoms with Crippen molar-refractivity contribution >= 4 is 0 Å². The second-order valence-electron chi connectivity index (χ2n) is 7.33. The molecule has 0 bridgehead atoms. The summed E-state index contributed by atoms with van der Waals surface area (Å²) >= 11 is 0. The lowest BCUT2D eigenvalue weighted by Crippen LogP contribution is -2.34. The molecule has 4 rings (SSSR count). The monoisotopic (exact) mass is 390 g/mol. The van der Waals surface area contributed by atoms with Crippen LogP contribution in [0.5, 0.6) is 5.75 Å². The summed E-state index contributed by atoms with van der Waals surface area (Å²) in [5.74, 6) is 0.162. The number of nitrogens with zero attached hydrogens (tertiary/aromatic N) is 4. The number of nitriles is 1. The highest BCUT2D eigenvalue weighted by molar-refractivity contribution is 5.65. The summed E-state index contributed by atoms with van der Waals surface area (Å²) in [7, 11) is 1.52. The van der Waals surface area contributed by atoms with E-state index in [0.717, 1.165) is 37.2 Å². The molecule has 5 nitrogen and oxygen atoms in total. The molecule has 29 heavy (non-hydrogen) atoms. The summed E-state index contributed by atoms with van der Waals surface area (Å²) in [5.41, 5.74) is 2.93. The maximum absolute atomic E-state index is 14.8. The molecule has 0 saturated carbocycles. The highest BCUT2D eigenvalue weighted by atomic mass is 19.1. The van der Waals surface area contributed by atoms with E-state index in [-0.39, 0.29) is 11.7 Å². The van der Waals surface area contributed by atoms with Crippen LogP contribution in [0.3, 0.4) is 0 Å². The van der Waals surface area contributed by atoms with Gasteiger partial charge in [-0.25, -0.2) is 9.07 Å². The first-order valence-corrected chi connectivity index (χ1v) is 9.78. The van der Waals surface area contributed by atoms with Gasteiger partial charge in [-0.2, -0.15) is 10.4 Å². The molecule has 0 aliphatic carbocycles. The number of aromatic nitrogens is 2. The second kappa shape index (κ2) is 8.46. The van der Waals surface area contributed by atoms with Gasteiger partial charge in [-0.3, -0.25) is 4.90 Å². The number of piperidine rings is 1. The van der Waals surface area contributed by atoms with Crippen molar-refractivity contribution < 1.29 is 9.13 Å². The Hall–Kier alpha value is -3.17. The second-order valence-corrected chi connectivity index (χ2v) is 7.33. The van der Waals surface area contributed by atoms with Crippen molar-refractivity contribution in [1.82, 2.24) is 14.7 Å². The zero-order chi connectivity index (χ0) is 20.2. The number of hydrogen-bond acceptors (Lipinski definition) is 4. The van der Waals surface area contributed by atoms with Crippen LogP contribution < -0.4 is 4.74 Å². The summed E-state index contributed by atoms with van der Waals surface area (Å²) in [6.45, 7) is 2.29. The minimum absolute atomic E-state index is 0.0501. The van der Waals surface area contributed by atoms with Crippen molar-refractivity contribution in [2.45, 2.75) is 19.4 Å². The van der Waals surface area contributed by atoms with Crippen molar-refractivity contribution in [3.63, 3.8) is 0 Å². The fourth-order valence-electron chi connectivity index (χ4n) is 3.83. The van der Waals surface area contributed by atoms with Crippen LogP contribution in [0.4, 0.5) is 4.39 Å². The summed E-state index contributed by atoms with van der Waals surface area (Å²) < 4.78 is 21.7. The van der Waals surface area contributed by atoms with Gasteiger partial charge in [0.1, 0.15) is 17.3 Å². The molecule has 1 aliphatic heterocycles. The van der Waals surface area contributed by atoms with Gasteiger partial charge in [0.25, 0.3) is 0 Å². The molecule has 0 N–H and O–H groups in total. The molecule has 0 amide bonds. The van der Waals surface area contributed by atoms with Crippen LogP contribution in [0.25, 0.3) is 16.9 Å². The third-order valence-electron chi connectivity index (χ3n) is 5.32. The van der Waals surface area contributed by atoms with Crippen molar-refractivity contribution in [2.75, 3.05) is 20.2 Å². The topological polar surface area (TPSA) is 54.1 Å². The Kier molecular flexibility index (Phi) is 5.59. The van der Waals surface area contributed by atoms with Gasteiger partial charge < -0.3 is 4.74 Å². The molecule has 0 unspecified atom stereocenters. The van der Waals surface area contributed by atoms with Crippen molar-refractivity contribution in [3.05, 3.63) is 66.1 Å². The lowest BCUT2D eigenvalue weighted by molar-refractivity contribution is 0.192. The van der Waals surface area contributed by atoms with E-state index < -0.39 is 0 Å². The molecule has 1 aliphatic rings. The first-order valence-electron chi connectivity index (χ1n) is 9.78. The highest BCUT2D eigenvalue weighted by Crippen LogP contribution is 2.30. The maximum atomic E-state index is 14.8. The first kappa shape index (κ1) is 19.2. The van der Waals surface area contributed by atoms with Crippen molar-refractivity contribution in [3.8, 4) is 28.8 Å². The summed E-state index contributed by atoms with van der Waals surface area (Å²) in [6.07, 6.45) is 3.90. The van der Waals surface area contributed by atoms with Gasteiger partial charge in [-0.05, 0) is 43.7 Å². The number of ether oxygens (including phenoxy) is 1. The number of methoxy groups -OCH3 is 1. The number of benzene rings is 2. The third-order valence-corrected chi connectivity index (χ3v) is 5.32. The SMILES string of the molecule is COc1ccc(-c2nn(-c3ccccc3)cc2CN2CCC[C@@H](C#N)C2)c(F)c1. The zero-order valence-electron chi connectivity index (χ0n) is 16.4. The van der Waals surface area contributed by atoms with Gasteiger partial charge in [0.2, 0.25) is 0 Å². The molecule has 0 spiro atoms. The van der Waals surface area contributed by atoms with Crippen LogP contribution >= 0.6 is 0 Å². The Labute approximate surface area is 169 Å². The summed E-state index contributed by atoms with van der Waals surface area (Å²) in [5, 5.41) is 14.0. The molecule has 1 saturated heterocycles. The minimum atomic E-state index is -0.363. The number of likely N-dealkylation sites (tertiary alicyclic amines) is 1. The summed E-state index contributed by atoms with van der Waals surface area (Å²) in [4.78, 5) is 2.26. The average molecular weight is 390 g/mol. The normalized spacial score (nSPS) is 17.1. The van der Waals surface area contributed by atoms with E-state index in [2.05, 4.69) is 11.0 Å². The lowest BCUT2D eigenvalue weighted by Gasteiger charge is -2.29. The Morgan fingerprint density at radius 1 is 1.24 bits per heavy atom. The molecule has 1 aromatic heterocycles. The van der Waals surface area contributed by atoms with E-state index in [1.807, 2.05) is 36.5 Å². The smallest absolute Gasteiger partial charge is 0.136 e. The number of halogens is 1. The number of hydrogen-bond donors (Lipinski definition) is 0. The minimum Gasteiger partial charge on any atom is -0.497 e. The Balaban J connectivity index is 1.72. The van der Waals surface area contributed by atoms with Crippen LogP contribution in [0.15, 0.2) is 54.7 Å². The molecule has 2 heterocycles. The van der Waals surface area contributed by atoms with Crippen LogP contribution in [-0.4, -0.2) is 34.9 Å². The van der Waals surface area contributed by atoms with E-state index in [1.54, 1.807) is 16.8 Å². The van der Waals surface area contributed by atoms with E-state index in [0.29, 0.717) is 23.6 Å². The quantitative estimate of drug-likeness (QED) is 0.647. The van der Waals surface area contributed by atoms with Gasteiger partial charge in [-0.1, -0.05) is 18.2 Å². The number of rotatable bonds is 5. The molecule has 3 aromatic rings. The lowest BCUT2D eigenvalue weighted by atomic mass is 9.99. The molecule has 6 heteroatoms. The van der Waals surface area contributed by atoms with Crippen LogP contribution in [0.1, 0.15) is 18.4 Å². The largest absolute Gasteiger partial charge is 0.497 e. The van der Waals surface area contributed by atoms with Crippen molar-refractivity contribution in [1.29, 1.82) is 5.26 Å². The molecule has 148 valence electrons. The molecule has 2 aromatic carbocycles. The molecular formula is C23H23FN4O. The predicted octanol–water partition coefficient (Wildman–Crippen LogP) is 4.42. The fourth-order valence-corrected chi connectivity index (χ4v) is 3.83. The molecule has 1 atom stereocenters. The van der Waals surface area contributed by atoms with E-state index in [4.69, 9.17) is 9.84 Å². The molecular weight excluding hydrogens is 367 g/mol. The Morgan fingerprint density at radius 2 is 2.07 bits per heavy atom. The van der Waals surface area contributed by atoms with Gasteiger partial charge in [0, 0.05) is 36.5 Å². The fraction of sp³-hybridized carbons (Fsp3) is 0.304. The summed E-state index contributed by atoms with van der Waals surface area (Å²) in [6, 6.07) is 17.0. The van der Waals surface area contributed by atoms with Crippen LogP contribution in [-0.2, 0) is 6.54 Å². The van der Waals surface area contributed by atoms with Gasteiger partial charge >= 0.3 is 0 Å².